The summed E-state index contributed by atoms with van der Waals surface area (Å²) in [6, 6.07) is 64.6. The summed E-state index contributed by atoms with van der Waals surface area (Å²) in [5.41, 5.74) is 13.1. The molecule has 0 fully saturated rings. The highest BCUT2D eigenvalue weighted by atomic mass is 32.1. The first-order chi connectivity index (χ1) is 29.6. The van der Waals surface area contributed by atoms with Gasteiger partial charge in [-0.2, -0.15) is 0 Å². The van der Waals surface area contributed by atoms with Gasteiger partial charge in [-0.1, -0.05) is 185 Å². The van der Waals surface area contributed by atoms with Crippen molar-refractivity contribution in [3.8, 4) is 39.1 Å². The van der Waals surface area contributed by atoms with Gasteiger partial charge in [0.25, 0.3) is 0 Å². The molecule has 0 radical (unpaired) electrons. The van der Waals surface area contributed by atoms with Crippen LogP contribution in [0.5, 0.6) is 5.75 Å². The van der Waals surface area contributed by atoms with Crippen molar-refractivity contribution in [2.45, 2.75) is 45.6 Å². The number of rotatable bonds is 7. The fourth-order valence-electron chi connectivity index (χ4n) is 9.63. The van der Waals surface area contributed by atoms with Crippen LogP contribution in [0.4, 0.5) is 0 Å². The number of fused-ring (bicyclic) bond motifs is 9. The molecule has 11 rings (SSSR count). The molecule has 298 valence electrons. The van der Waals surface area contributed by atoms with Crippen LogP contribution in [-0.2, 0) is 5.41 Å². The Kier molecular flexibility index (Phi) is 8.48. The topological polar surface area (TPSA) is 25.6 Å². The van der Waals surface area contributed by atoms with E-state index in [4.69, 9.17) is 9.25 Å². The zero-order valence-corrected chi connectivity index (χ0v) is 36.2. The number of benzene rings is 8. The van der Waals surface area contributed by atoms with Crippen LogP contribution in [0.3, 0.4) is 0 Å². The fourth-order valence-corrected chi connectivity index (χ4v) is 10.9. The van der Waals surface area contributed by atoms with Crippen molar-refractivity contribution in [1.82, 2.24) is 5.06 Å². The summed E-state index contributed by atoms with van der Waals surface area (Å²) in [7, 11) is 2.01. The third-order valence-corrected chi connectivity index (χ3v) is 15.2. The third kappa shape index (κ3) is 5.59. The van der Waals surface area contributed by atoms with Crippen molar-refractivity contribution in [2.24, 2.45) is 5.41 Å². The molecule has 61 heavy (non-hydrogen) atoms. The summed E-state index contributed by atoms with van der Waals surface area (Å²) in [4.78, 5) is 6.58. The summed E-state index contributed by atoms with van der Waals surface area (Å²) in [5.74, 6) is 0.710. The minimum atomic E-state index is -0.516. The zero-order valence-electron chi connectivity index (χ0n) is 35.4. The van der Waals surface area contributed by atoms with Gasteiger partial charge in [0.1, 0.15) is 5.58 Å². The van der Waals surface area contributed by atoms with Gasteiger partial charge in [-0.3, -0.25) is 0 Å². The highest BCUT2D eigenvalue weighted by Gasteiger charge is 2.46. The molecular formula is C57H47NO2S. The lowest BCUT2D eigenvalue weighted by Gasteiger charge is -2.44. The normalized spacial score (nSPS) is 13.7. The Balaban J connectivity index is 1.03. The quantitative estimate of drug-likeness (QED) is 0.150. The van der Waals surface area contributed by atoms with Crippen LogP contribution < -0.4 is 4.84 Å². The number of thiophene rings is 1. The minimum absolute atomic E-state index is 0.0112. The van der Waals surface area contributed by atoms with Gasteiger partial charge >= 0.3 is 0 Å². The third-order valence-electron chi connectivity index (χ3n) is 14.0. The number of hydrogen-bond acceptors (Lipinski definition) is 4. The average Bonchev–Trinajstić information content (AvgIpc) is 3.95. The first kappa shape index (κ1) is 37.5. The van der Waals surface area contributed by atoms with Crippen molar-refractivity contribution < 1.29 is 9.25 Å². The molecule has 2 heterocycles. The van der Waals surface area contributed by atoms with Crippen LogP contribution in [0, 0.1) is 5.41 Å². The van der Waals surface area contributed by atoms with Gasteiger partial charge in [-0.25, -0.2) is 0 Å². The summed E-state index contributed by atoms with van der Waals surface area (Å²) >= 11 is 1.88. The van der Waals surface area contributed by atoms with Crippen molar-refractivity contribution in [3.63, 3.8) is 0 Å². The summed E-state index contributed by atoms with van der Waals surface area (Å²) in [6.45, 7) is 11.1. The molecule has 2 aromatic heterocycles. The van der Waals surface area contributed by atoms with Crippen LogP contribution in [0.25, 0.3) is 75.5 Å². The molecule has 8 aromatic carbocycles. The second-order valence-electron chi connectivity index (χ2n) is 18.1. The number of nitrogens with zero attached hydrogens (tertiary/aromatic N) is 1. The van der Waals surface area contributed by atoms with Gasteiger partial charge in [0.05, 0.1) is 11.0 Å². The van der Waals surface area contributed by atoms with Crippen molar-refractivity contribution >= 4 is 53.4 Å². The summed E-state index contributed by atoms with van der Waals surface area (Å²) in [6.07, 6.45) is 0. The molecule has 0 aliphatic heterocycles. The molecular weight excluding hydrogens is 763 g/mol. The molecule has 0 saturated carbocycles. The Hall–Kier alpha value is -6.46. The van der Waals surface area contributed by atoms with Crippen molar-refractivity contribution in [2.75, 3.05) is 7.05 Å². The molecule has 0 N–H and O–H groups in total. The van der Waals surface area contributed by atoms with Crippen LogP contribution in [0.1, 0.15) is 56.9 Å². The first-order valence-corrected chi connectivity index (χ1v) is 22.0. The van der Waals surface area contributed by atoms with Crippen molar-refractivity contribution in [3.05, 3.63) is 198 Å². The molecule has 0 unspecified atom stereocenters. The Morgan fingerprint density at radius 2 is 0.967 bits per heavy atom. The van der Waals surface area contributed by atoms with E-state index < -0.39 is 5.41 Å². The van der Waals surface area contributed by atoms with E-state index in [0.717, 1.165) is 33.1 Å². The lowest BCUT2D eigenvalue weighted by atomic mass is 9.67. The number of furan rings is 1. The smallest absolute Gasteiger partial charge is 0.190 e. The summed E-state index contributed by atoms with van der Waals surface area (Å²) < 4.78 is 9.47. The summed E-state index contributed by atoms with van der Waals surface area (Å²) in [5, 5.41) is 6.71. The molecule has 0 bridgehead atoms. The van der Waals surface area contributed by atoms with Crippen LogP contribution in [0.15, 0.2) is 180 Å². The van der Waals surface area contributed by atoms with Gasteiger partial charge in [-0.05, 0) is 81.5 Å². The van der Waals surface area contributed by atoms with Gasteiger partial charge in [0.2, 0.25) is 0 Å². The van der Waals surface area contributed by atoms with E-state index >= 15 is 0 Å². The van der Waals surface area contributed by atoms with E-state index in [9.17, 15) is 0 Å². The van der Waals surface area contributed by atoms with E-state index in [2.05, 4.69) is 204 Å². The Morgan fingerprint density at radius 3 is 1.61 bits per heavy atom. The molecule has 1 aliphatic rings. The predicted molar refractivity (Wildman–Crippen MR) is 257 cm³/mol. The molecule has 0 spiro atoms. The lowest BCUT2D eigenvalue weighted by molar-refractivity contribution is -0.148. The highest BCUT2D eigenvalue weighted by molar-refractivity contribution is 7.26. The maximum atomic E-state index is 6.82. The number of hydrogen-bond donors (Lipinski definition) is 0. The second kappa shape index (κ2) is 13.8. The maximum Gasteiger partial charge on any atom is 0.190 e. The van der Waals surface area contributed by atoms with Crippen molar-refractivity contribution in [1.29, 1.82) is 0 Å². The number of para-hydroxylation sites is 2. The molecule has 0 amide bonds. The van der Waals surface area contributed by atoms with E-state index in [1.807, 2.05) is 29.5 Å². The largest absolute Gasteiger partial charge is 0.451 e. The molecule has 4 heteroatoms. The Morgan fingerprint density at radius 1 is 0.475 bits per heavy atom. The number of hydroxylamine groups is 2. The maximum absolute atomic E-state index is 6.82. The fraction of sp³-hybridized carbons (Fsp3) is 0.158. The van der Waals surface area contributed by atoms with Crippen LogP contribution >= 0.6 is 11.3 Å². The van der Waals surface area contributed by atoms with E-state index in [-0.39, 0.29) is 11.0 Å². The minimum Gasteiger partial charge on any atom is -0.451 e. The highest BCUT2D eigenvalue weighted by Crippen LogP contribution is 2.56. The molecule has 1 aliphatic carbocycles. The lowest BCUT2D eigenvalue weighted by Crippen LogP contribution is -2.52. The predicted octanol–water partition coefficient (Wildman–Crippen LogP) is 15.7. The SMILES string of the molecule is CN(Oc1cccc2c1oc1c(-c3ccc(C4(c5ccc(-c6cccc7c6sc6ccccc67)cc5)c5ccccc5-c5ccccc54)cc3)cccc12)C(C)(C)C(C)(C)C. The Bertz CT molecular complexity index is 3260. The molecule has 0 saturated heterocycles. The first-order valence-electron chi connectivity index (χ1n) is 21.2. The van der Waals surface area contributed by atoms with E-state index in [0.29, 0.717) is 5.75 Å². The molecule has 0 atom stereocenters. The van der Waals surface area contributed by atoms with Gasteiger partial charge < -0.3 is 9.25 Å². The standard InChI is InChI=1S/C57H47NO2S/c1-55(2,3)56(4,5)58(6)60-50-26-15-22-46-45-21-13-19-40(52(45)59-53(46)50)36-28-32-38(33-29-36)57(48-24-10-7-16-42(48)43-17-8-11-25-49(43)57)39-34-30-37(31-35-39)41-20-14-23-47-44-18-9-12-27-51(44)61-54(41)47/h7-35H,1-6H3. The Labute approximate surface area is 361 Å². The zero-order chi connectivity index (χ0) is 41.7. The molecule has 3 nitrogen and oxygen atoms in total. The average molecular weight is 810 g/mol. The second-order valence-corrected chi connectivity index (χ2v) is 19.1. The van der Waals surface area contributed by atoms with E-state index in [1.165, 1.54) is 64.7 Å². The van der Waals surface area contributed by atoms with Crippen LogP contribution in [0.2, 0.25) is 0 Å². The van der Waals surface area contributed by atoms with Crippen LogP contribution in [-0.4, -0.2) is 17.6 Å². The molecule has 10 aromatic rings. The van der Waals surface area contributed by atoms with Gasteiger partial charge in [0, 0.05) is 43.6 Å². The van der Waals surface area contributed by atoms with Gasteiger partial charge in [-0.15, -0.1) is 16.4 Å². The van der Waals surface area contributed by atoms with E-state index in [1.54, 1.807) is 0 Å². The van der Waals surface area contributed by atoms with Gasteiger partial charge in [0.15, 0.2) is 11.3 Å². The monoisotopic (exact) mass is 809 g/mol.